The summed E-state index contributed by atoms with van der Waals surface area (Å²) in [7, 11) is 0. The molecule has 0 nitrogen and oxygen atoms in total. The molecule has 0 aromatic heterocycles. The molecule has 1 atom stereocenters. The van der Waals surface area contributed by atoms with E-state index in [4.69, 9.17) is 46.4 Å². The fourth-order valence-electron chi connectivity index (χ4n) is 1.70. The van der Waals surface area contributed by atoms with Crippen LogP contribution in [-0.4, -0.2) is 0 Å². The average molecular weight is 320 g/mol. The summed E-state index contributed by atoms with van der Waals surface area (Å²) >= 11 is 24.1. The minimum Gasteiger partial charge on any atom is -0.117 e. The molecule has 0 radical (unpaired) electrons. The third-order valence-corrected chi connectivity index (χ3v) is 3.67. The summed E-state index contributed by atoms with van der Waals surface area (Å²) in [5.74, 6) is 0. The average Bonchev–Trinajstić information content (AvgIpc) is 2.31. The van der Waals surface area contributed by atoms with E-state index in [-0.39, 0.29) is 5.38 Å². The second-order valence-corrected chi connectivity index (χ2v) is 5.84. The highest BCUT2D eigenvalue weighted by Crippen LogP contribution is 2.30. The van der Waals surface area contributed by atoms with Crippen LogP contribution >= 0.6 is 46.4 Å². The van der Waals surface area contributed by atoms with Gasteiger partial charge in [-0.05, 0) is 47.9 Å². The van der Waals surface area contributed by atoms with Crippen LogP contribution in [0.3, 0.4) is 0 Å². The highest BCUT2D eigenvalue weighted by Gasteiger charge is 2.10. The van der Waals surface area contributed by atoms with Crippen molar-refractivity contribution in [1.29, 1.82) is 0 Å². The van der Waals surface area contributed by atoms with Crippen LogP contribution in [0.5, 0.6) is 0 Å². The molecule has 2 rings (SSSR count). The number of rotatable bonds is 3. The molecule has 0 saturated carbocycles. The van der Waals surface area contributed by atoms with E-state index >= 15 is 0 Å². The second-order valence-electron chi connectivity index (χ2n) is 4.00. The van der Waals surface area contributed by atoms with Gasteiger partial charge in [0, 0.05) is 15.1 Å². The Hall–Kier alpha value is -0.400. The molecule has 4 heteroatoms. The predicted octanol–water partition coefficient (Wildman–Crippen LogP) is 6.17. The molecule has 0 aliphatic carbocycles. The second kappa shape index (κ2) is 6.16. The lowest BCUT2D eigenvalue weighted by Gasteiger charge is -2.11. The molecule has 0 spiro atoms. The molecule has 0 aliphatic heterocycles. The zero-order valence-corrected chi connectivity index (χ0v) is 12.4. The molecule has 0 aliphatic rings. The summed E-state index contributed by atoms with van der Waals surface area (Å²) < 4.78 is 0. The molecule has 2 aromatic carbocycles. The quantitative estimate of drug-likeness (QED) is 0.593. The largest absolute Gasteiger partial charge is 0.117 e. The Kier molecular flexibility index (Phi) is 4.80. The van der Waals surface area contributed by atoms with Crippen molar-refractivity contribution < 1.29 is 0 Å². The molecule has 1 unspecified atom stereocenters. The van der Waals surface area contributed by atoms with E-state index in [2.05, 4.69) is 0 Å². The molecule has 0 amide bonds. The van der Waals surface area contributed by atoms with Crippen molar-refractivity contribution in [3.8, 4) is 0 Å². The van der Waals surface area contributed by atoms with Crippen LogP contribution in [0, 0.1) is 0 Å². The van der Waals surface area contributed by atoms with Gasteiger partial charge in [-0.2, -0.15) is 0 Å². The molecule has 0 N–H and O–H groups in total. The van der Waals surface area contributed by atoms with Crippen LogP contribution in [0.15, 0.2) is 42.5 Å². The van der Waals surface area contributed by atoms with Gasteiger partial charge in [-0.25, -0.2) is 0 Å². The van der Waals surface area contributed by atoms with Crippen LogP contribution in [-0.2, 0) is 6.42 Å². The summed E-state index contributed by atoms with van der Waals surface area (Å²) in [6.07, 6.45) is 0.704. The van der Waals surface area contributed by atoms with Crippen LogP contribution in [0.1, 0.15) is 16.5 Å². The third kappa shape index (κ3) is 3.80. The smallest absolute Gasteiger partial charge is 0.0626 e. The Morgan fingerprint density at radius 2 is 1.33 bits per heavy atom. The fraction of sp³-hybridized carbons (Fsp3) is 0.143. The molecule has 18 heavy (non-hydrogen) atoms. The highest BCUT2D eigenvalue weighted by molar-refractivity contribution is 6.35. The molecule has 0 bridgehead atoms. The topological polar surface area (TPSA) is 0 Å². The summed E-state index contributed by atoms with van der Waals surface area (Å²) in [4.78, 5) is 0. The van der Waals surface area contributed by atoms with Gasteiger partial charge in [0.2, 0.25) is 0 Å². The van der Waals surface area contributed by atoms with E-state index < -0.39 is 0 Å². The predicted molar refractivity (Wildman–Crippen MR) is 80.2 cm³/mol. The maximum absolute atomic E-state index is 6.37. The number of benzene rings is 2. The third-order valence-electron chi connectivity index (χ3n) is 2.57. The molecule has 94 valence electrons. The standard InChI is InChI=1S/C14H10Cl4/c15-11-3-1-9(2-4-11)5-14(18)10-6-12(16)8-13(17)7-10/h1-4,6-8,14H,5H2. The van der Waals surface area contributed by atoms with Crippen molar-refractivity contribution in [2.24, 2.45) is 0 Å². The van der Waals surface area contributed by atoms with Crippen LogP contribution < -0.4 is 0 Å². The Bertz CT molecular complexity index is 514. The molecule has 0 heterocycles. The minimum absolute atomic E-state index is 0.164. The first kappa shape index (κ1) is 14.0. The number of hydrogen-bond acceptors (Lipinski definition) is 0. The van der Waals surface area contributed by atoms with Crippen molar-refractivity contribution in [2.45, 2.75) is 11.8 Å². The van der Waals surface area contributed by atoms with Gasteiger partial charge < -0.3 is 0 Å². The summed E-state index contributed by atoms with van der Waals surface area (Å²) in [5, 5.41) is 1.75. The first-order valence-electron chi connectivity index (χ1n) is 5.39. The van der Waals surface area contributed by atoms with Gasteiger partial charge in [0.25, 0.3) is 0 Å². The van der Waals surface area contributed by atoms with Gasteiger partial charge >= 0.3 is 0 Å². The zero-order chi connectivity index (χ0) is 13.1. The maximum atomic E-state index is 6.37. The van der Waals surface area contributed by atoms with Gasteiger partial charge in [-0.3, -0.25) is 0 Å². The molecular weight excluding hydrogens is 310 g/mol. The normalized spacial score (nSPS) is 12.4. The number of alkyl halides is 1. The van der Waals surface area contributed by atoms with Gasteiger partial charge in [-0.1, -0.05) is 46.9 Å². The molecule has 0 fully saturated rings. The van der Waals surface area contributed by atoms with E-state index in [1.165, 1.54) is 0 Å². The monoisotopic (exact) mass is 318 g/mol. The minimum atomic E-state index is -0.164. The van der Waals surface area contributed by atoms with Gasteiger partial charge in [0.15, 0.2) is 0 Å². The lowest BCUT2D eigenvalue weighted by Crippen LogP contribution is -1.96. The Morgan fingerprint density at radius 1 is 0.778 bits per heavy atom. The zero-order valence-electron chi connectivity index (χ0n) is 9.34. The van der Waals surface area contributed by atoms with Crippen molar-refractivity contribution in [3.05, 3.63) is 68.7 Å². The first-order valence-corrected chi connectivity index (χ1v) is 6.96. The summed E-state index contributed by atoms with van der Waals surface area (Å²) in [5.41, 5.74) is 2.04. The van der Waals surface area contributed by atoms with Gasteiger partial charge in [-0.15, -0.1) is 11.6 Å². The molecule has 0 saturated heterocycles. The maximum Gasteiger partial charge on any atom is 0.0626 e. The Labute approximate surface area is 126 Å². The highest BCUT2D eigenvalue weighted by atomic mass is 35.5. The summed E-state index contributed by atoms with van der Waals surface area (Å²) in [6.45, 7) is 0. The fourth-order valence-corrected chi connectivity index (χ4v) is 2.67. The molecule has 2 aromatic rings. The van der Waals surface area contributed by atoms with E-state index in [1.807, 2.05) is 36.4 Å². The first-order chi connectivity index (χ1) is 8.54. The van der Waals surface area contributed by atoms with E-state index in [0.717, 1.165) is 16.1 Å². The Morgan fingerprint density at radius 3 is 1.89 bits per heavy atom. The van der Waals surface area contributed by atoms with E-state index in [0.29, 0.717) is 16.5 Å². The SMILES string of the molecule is Clc1ccc(CC(Cl)c2cc(Cl)cc(Cl)c2)cc1. The van der Waals surface area contributed by atoms with Gasteiger partial charge in [0.05, 0.1) is 5.38 Å². The van der Waals surface area contributed by atoms with Crippen LogP contribution in [0.25, 0.3) is 0 Å². The van der Waals surface area contributed by atoms with Crippen molar-refractivity contribution in [3.63, 3.8) is 0 Å². The molecular formula is C14H10Cl4. The summed E-state index contributed by atoms with van der Waals surface area (Å²) in [6, 6.07) is 13.0. The van der Waals surface area contributed by atoms with Gasteiger partial charge in [0.1, 0.15) is 0 Å². The lowest BCUT2D eigenvalue weighted by molar-refractivity contribution is 0.920. The van der Waals surface area contributed by atoms with Crippen LogP contribution in [0.2, 0.25) is 15.1 Å². The van der Waals surface area contributed by atoms with Crippen LogP contribution in [0.4, 0.5) is 0 Å². The van der Waals surface area contributed by atoms with E-state index in [1.54, 1.807) is 6.07 Å². The lowest BCUT2D eigenvalue weighted by atomic mass is 10.0. The van der Waals surface area contributed by atoms with Crippen molar-refractivity contribution in [1.82, 2.24) is 0 Å². The Balaban J connectivity index is 2.16. The van der Waals surface area contributed by atoms with E-state index in [9.17, 15) is 0 Å². The van der Waals surface area contributed by atoms with Crippen molar-refractivity contribution in [2.75, 3.05) is 0 Å². The van der Waals surface area contributed by atoms with Crippen molar-refractivity contribution >= 4 is 46.4 Å². The number of hydrogen-bond donors (Lipinski definition) is 0. The number of halogens is 4.